The van der Waals surface area contributed by atoms with Gasteiger partial charge in [0, 0.05) is 30.1 Å². The zero-order valence-corrected chi connectivity index (χ0v) is 15.4. The predicted molar refractivity (Wildman–Crippen MR) is 101 cm³/mol. The van der Waals surface area contributed by atoms with E-state index in [2.05, 4.69) is 17.1 Å². The van der Waals surface area contributed by atoms with Crippen molar-refractivity contribution >= 4 is 5.91 Å². The van der Waals surface area contributed by atoms with Crippen LogP contribution in [0.25, 0.3) is 11.4 Å². The summed E-state index contributed by atoms with van der Waals surface area (Å²) in [5.74, 6) is 0.535. The lowest BCUT2D eigenvalue weighted by Gasteiger charge is -2.28. The van der Waals surface area contributed by atoms with E-state index >= 15 is 0 Å². The fourth-order valence-electron chi connectivity index (χ4n) is 2.78. The summed E-state index contributed by atoms with van der Waals surface area (Å²) in [6, 6.07) is 15.3. The molecule has 0 bridgehead atoms. The standard InChI is InChI=1S/C21H22FN3O2/c1-3-15(2)25(21(26)17-7-5-4-6-8-17)14-13-19-23-20(24-27-19)16-9-11-18(22)12-10-16/h4-12,15H,3,13-14H2,1-2H3/t15-/m1/s1. The summed E-state index contributed by atoms with van der Waals surface area (Å²) in [4.78, 5) is 19.0. The Morgan fingerprint density at radius 1 is 1.15 bits per heavy atom. The maximum absolute atomic E-state index is 13.0. The molecule has 0 aliphatic rings. The summed E-state index contributed by atoms with van der Waals surface area (Å²) in [6.07, 6.45) is 1.31. The van der Waals surface area contributed by atoms with Crippen LogP contribution in [-0.4, -0.2) is 33.5 Å². The summed E-state index contributed by atoms with van der Waals surface area (Å²) in [6.45, 7) is 4.56. The molecule has 0 spiro atoms. The summed E-state index contributed by atoms with van der Waals surface area (Å²) < 4.78 is 18.3. The first-order valence-electron chi connectivity index (χ1n) is 9.03. The Hall–Kier alpha value is -3.02. The molecular formula is C21H22FN3O2. The van der Waals surface area contributed by atoms with E-state index in [0.717, 1.165) is 6.42 Å². The van der Waals surface area contributed by atoms with Crippen molar-refractivity contribution < 1.29 is 13.7 Å². The van der Waals surface area contributed by atoms with Crippen molar-refractivity contribution in [2.24, 2.45) is 0 Å². The van der Waals surface area contributed by atoms with Crippen molar-refractivity contribution in [3.05, 3.63) is 71.9 Å². The van der Waals surface area contributed by atoms with E-state index in [-0.39, 0.29) is 17.8 Å². The summed E-state index contributed by atoms with van der Waals surface area (Å²) >= 11 is 0. The molecule has 0 N–H and O–H groups in total. The summed E-state index contributed by atoms with van der Waals surface area (Å²) in [7, 11) is 0. The monoisotopic (exact) mass is 367 g/mol. The molecule has 0 unspecified atom stereocenters. The van der Waals surface area contributed by atoms with E-state index in [1.165, 1.54) is 12.1 Å². The van der Waals surface area contributed by atoms with Crippen LogP contribution in [0, 0.1) is 5.82 Å². The number of nitrogens with zero attached hydrogens (tertiary/aromatic N) is 3. The van der Waals surface area contributed by atoms with Gasteiger partial charge in [0.2, 0.25) is 11.7 Å². The minimum atomic E-state index is -0.314. The summed E-state index contributed by atoms with van der Waals surface area (Å²) in [5.41, 5.74) is 1.35. The number of benzene rings is 2. The van der Waals surface area contributed by atoms with Gasteiger partial charge in [0.1, 0.15) is 5.82 Å². The van der Waals surface area contributed by atoms with Gasteiger partial charge in [-0.3, -0.25) is 4.79 Å². The van der Waals surface area contributed by atoms with Crippen LogP contribution in [0.2, 0.25) is 0 Å². The van der Waals surface area contributed by atoms with Gasteiger partial charge in [0.15, 0.2) is 0 Å². The number of aromatic nitrogens is 2. The molecule has 1 atom stereocenters. The molecule has 2 aromatic carbocycles. The van der Waals surface area contributed by atoms with Gasteiger partial charge < -0.3 is 9.42 Å². The second-order valence-corrected chi connectivity index (χ2v) is 6.39. The third-order valence-corrected chi connectivity index (χ3v) is 4.54. The second-order valence-electron chi connectivity index (χ2n) is 6.39. The number of hydrogen-bond acceptors (Lipinski definition) is 4. The number of halogens is 1. The van der Waals surface area contributed by atoms with Crippen molar-refractivity contribution in [1.29, 1.82) is 0 Å². The van der Waals surface area contributed by atoms with Gasteiger partial charge in [-0.15, -0.1) is 0 Å². The first-order chi connectivity index (χ1) is 13.1. The van der Waals surface area contributed by atoms with Crippen molar-refractivity contribution in [3.63, 3.8) is 0 Å². The Balaban J connectivity index is 1.70. The SMILES string of the molecule is CC[C@@H](C)N(CCc1nc(-c2ccc(F)cc2)no1)C(=O)c1ccccc1. The fraction of sp³-hybridized carbons (Fsp3) is 0.286. The molecule has 0 saturated heterocycles. The zero-order valence-electron chi connectivity index (χ0n) is 15.4. The third kappa shape index (κ3) is 4.58. The van der Waals surface area contributed by atoms with Gasteiger partial charge in [-0.25, -0.2) is 4.39 Å². The first kappa shape index (κ1) is 18.8. The van der Waals surface area contributed by atoms with Crippen LogP contribution in [0.4, 0.5) is 4.39 Å². The Morgan fingerprint density at radius 2 is 1.85 bits per heavy atom. The first-order valence-corrected chi connectivity index (χ1v) is 9.03. The number of carbonyl (C=O) groups excluding carboxylic acids is 1. The Morgan fingerprint density at radius 3 is 2.52 bits per heavy atom. The number of amides is 1. The van der Waals surface area contributed by atoms with Crippen LogP contribution in [0.15, 0.2) is 59.1 Å². The highest BCUT2D eigenvalue weighted by atomic mass is 19.1. The van der Waals surface area contributed by atoms with Crippen LogP contribution in [0.5, 0.6) is 0 Å². The molecule has 0 aliphatic carbocycles. The maximum Gasteiger partial charge on any atom is 0.254 e. The molecule has 6 heteroatoms. The summed E-state index contributed by atoms with van der Waals surface area (Å²) in [5, 5.41) is 3.95. The Bertz CT molecular complexity index is 878. The molecule has 27 heavy (non-hydrogen) atoms. The highest BCUT2D eigenvalue weighted by Crippen LogP contribution is 2.17. The fourth-order valence-corrected chi connectivity index (χ4v) is 2.78. The molecule has 140 valence electrons. The number of carbonyl (C=O) groups is 1. The Kier molecular flexibility index (Phi) is 5.96. The van der Waals surface area contributed by atoms with Gasteiger partial charge in [0.05, 0.1) is 0 Å². The van der Waals surface area contributed by atoms with E-state index < -0.39 is 0 Å². The van der Waals surface area contributed by atoms with E-state index in [0.29, 0.717) is 35.8 Å². The topological polar surface area (TPSA) is 59.2 Å². The van der Waals surface area contributed by atoms with E-state index in [1.54, 1.807) is 12.1 Å². The van der Waals surface area contributed by atoms with Gasteiger partial charge >= 0.3 is 0 Å². The molecule has 1 aromatic heterocycles. The minimum absolute atomic E-state index is 0.0109. The van der Waals surface area contributed by atoms with Crippen molar-refractivity contribution in [3.8, 4) is 11.4 Å². The lowest BCUT2D eigenvalue weighted by molar-refractivity contribution is 0.0686. The molecule has 3 rings (SSSR count). The van der Waals surface area contributed by atoms with Crippen LogP contribution >= 0.6 is 0 Å². The molecular weight excluding hydrogens is 345 g/mol. The largest absolute Gasteiger partial charge is 0.339 e. The molecule has 0 saturated carbocycles. The van der Waals surface area contributed by atoms with Gasteiger partial charge in [-0.2, -0.15) is 4.98 Å². The van der Waals surface area contributed by atoms with E-state index in [9.17, 15) is 9.18 Å². The average Bonchev–Trinajstić information content (AvgIpc) is 3.18. The van der Waals surface area contributed by atoms with E-state index in [4.69, 9.17) is 4.52 Å². The highest BCUT2D eigenvalue weighted by molar-refractivity contribution is 5.94. The highest BCUT2D eigenvalue weighted by Gasteiger charge is 2.21. The van der Waals surface area contributed by atoms with E-state index in [1.807, 2.05) is 42.2 Å². The van der Waals surface area contributed by atoms with Gasteiger partial charge in [0.25, 0.3) is 5.91 Å². The minimum Gasteiger partial charge on any atom is -0.339 e. The zero-order chi connectivity index (χ0) is 19.2. The smallest absolute Gasteiger partial charge is 0.254 e. The van der Waals surface area contributed by atoms with Crippen LogP contribution in [-0.2, 0) is 6.42 Å². The Labute approximate surface area is 157 Å². The molecule has 1 heterocycles. The van der Waals surface area contributed by atoms with Crippen molar-refractivity contribution in [2.75, 3.05) is 6.54 Å². The maximum atomic E-state index is 13.0. The average molecular weight is 367 g/mol. The van der Waals surface area contributed by atoms with Gasteiger partial charge in [-0.05, 0) is 49.7 Å². The molecule has 0 radical (unpaired) electrons. The lowest BCUT2D eigenvalue weighted by Crippen LogP contribution is -2.39. The van der Waals surface area contributed by atoms with Crippen molar-refractivity contribution in [1.82, 2.24) is 15.0 Å². The molecule has 3 aromatic rings. The normalized spacial score (nSPS) is 12.0. The number of hydrogen-bond donors (Lipinski definition) is 0. The van der Waals surface area contributed by atoms with Crippen LogP contribution in [0.1, 0.15) is 36.5 Å². The van der Waals surface area contributed by atoms with Crippen LogP contribution < -0.4 is 0 Å². The lowest BCUT2D eigenvalue weighted by atomic mass is 10.1. The predicted octanol–water partition coefficient (Wildman–Crippen LogP) is 4.36. The van der Waals surface area contributed by atoms with Crippen molar-refractivity contribution in [2.45, 2.75) is 32.7 Å². The molecule has 5 nitrogen and oxygen atoms in total. The molecule has 0 aliphatic heterocycles. The number of rotatable bonds is 7. The third-order valence-electron chi connectivity index (χ3n) is 4.54. The van der Waals surface area contributed by atoms with Crippen LogP contribution in [0.3, 0.4) is 0 Å². The molecule has 1 amide bonds. The van der Waals surface area contributed by atoms with Gasteiger partial charge in [-0.1, -0.05) is 30.3 Å². The quantitative estimate of drug-likeness (QED) is 0.623. The second kappa shape index (κ2) is 8.58. The molecule has 0 fully saturated rings.